The maximum Gasteiger partial charge on any atom is 0.356 e. The van der Waals surface area contributed by atoms with Crippen LogP contribution in [0, 0.1) is 0 Å². The molecule has 100 valence electrons. The van der Waals surface area contributed by atoms with E-state index in [0.29, 0.717) is 0 Å². The summed E-state index contributed by atoms with van der Waals surface area (Å²) in [6.07, 6.45) is -0.330. The number of hydrogen-bond acceptors (Lipinski definition) is 3. The van der Waals surface area contributed by atoms with Crippen molar-refractivity contribution < 1.29 is 28.7 Å². The van der Waals surface area contributed by atoms with Gasteiger partial charge in [-0.25, -0.2) is 0 Å². The highest BCUT2D eigenvalue weighted by Gasteiger charge is 2.28. The molecule has 8 heteroatoms. The van der Waals surface area contributed by atoms with Crippen LogP contribution in [0.2, 0.25) is 0 Å². The molecular weight excluding hydrogens is 264 g/mol. The molecule has 0 aromatic heterocycles. The molecular formula is C10H13FNO5P. The van der Waals surface area contributed by atoms with Crippen molar-refractivity contribution in [3.8, 4) is 0 Å². The molecule has 0 aliphatic rings. The molecule has 1 aromatic rings. The first-order valence-electron chi connectivity index (χ1n) is 4.99. The first-order valence-corrected chi connectivity index (χ1v) is 6.60. The van der Waals surface area contributed by atoms with Gasteiger partial charge in [0.1, 0.15) is 6.04 Å². The molecule has 3 N–H and O–H groups in total. The van der Waals surface area contributed by atoms with Gasteiger partial charge in [0.15, 0.2) is 0 Å². The third-order valence-electron chi connectivity index (χ3n) is 2.43. The van der Waals surface area contributed by atoms with Gasteiger partial charge in [-0.05, 0) is 11.6 Å². The molecule has 0 aliphatic heterocycles. The molecule has 6 nitrogen and oxygen atoms in total. The number of hydrogen-bond donors (Lipinski definition) is 3. The topological polar surface area (TPSA) is 98.1 Å². The van der Waals surface area contributed by atoms with Gasteiger partial charge in [-0.15, -0.1) is 9.60 Å². The van der Waals surface area contributed by atoms with Crippen LogP contribution in [0.3, 0.4) is 0 Å². The minimum Gasteiger partial charge on any atom is -0.480 e. The van der Waals surface area contributed by atoms with Gasteiger partial charge in [0.2, 0.25) is 0 Å². The van der Waals surface area contributed by atoms with Gasteiger partial charge in [-0.3, -0.25) is 9.36 Å². The van der Waals surface area contributed by atoms with Crippen molar-refractivity contribution in [2.45, 2.75) is 12.5 Å². The van der Waals surface area contributed by atoms with E-state index in [0.717, 1.165) is 7.05 Å². The quantitative estimate of drug-likeness (QED) is 0.529. The van der Waals surface area contributed by atoms with Crippen LogP contribution in [0.1, 0.15) is 5.56 Å². The standard InChI is InChI=1S/C10H13FNO5P/c1-12(11)8(10(13)14)6-7-4-2-3-5-9(7)18(15,16)17/h2-5,8H,6H2,1H3,(H,13,14)(H2,15,16,17). The highest BCUT2D eigenvalue weighted by atomic mass is 31.2. The van der Waals surface area contributed by atoms with Gasteiger partial charge in [-0.1, -0.05) is 18.2 Å². The van der Waals surface area contributed by atoms with Crippen molar-refractivity contribution >= 4 is 18.9 Å². The second-order valence-electron chi connectivity index (χ2n) is 3.76. The van der Waals surface area contributed by atoms with Crippen molar-refractivity contribution in [3.63, 3.8) is 0 Å². The number of halogens is 1. The Hall–Kier alpha value is -1.27. The van der Waals surface area contributed by atoms with Crippen LogP contribution < -0.4 is 5.30 Å². The Bertz CT molecular complexity index is 487. The molecule has 1 unspecified atom stereocenters. The first-order chi connectivity index (χ1) is 8.23. The van der Waals surface area contributed by atoms with Crippen molar-refractivity contribution in [1.82, 2.24) is 5.12 Å². The van der Waals surface area contributed by atoms with Gasteiger partial charge < -0.3 is 14.9 Å². The number of benzene rings is 1. The van der Waals surface area contributed by atoms with Gasteiger partial charge in [0.05, 0.1) is 5.30 Å². The van der Waals surface area contributed by atoms with Crippen molar-refractivity contribution in [2.75, 3.05) is 7.05 Å². The van der Waals surface area contributed by atoms with Crippen LogP contribution >= 0.6 is 7.60 Å². The minimum atomic E-state index is -4.51. The Kier molecular flexibility index (Phi) is 4.59. The zero-order valence-electron chi connectivity index (χ0n) is 9.52. The van der Waals surface area contributed by atoms with Crippen LogP contribution in [0.5, 0.6) is 0 Å². The molecule has 1 rings (SSSR count). The molecule has 0 saturated carbocycles. The first kappa shape index (κ1) is 14.8. The molecule has 0 amide bonds. The highest BCUT2D eigenvalue weighted by Crippen LogP contribution is 2.34. The minimum absolute atomic E-state index is 0.00120. The molecule has 1 atom stereocenters. The predicted molar refractivity (Wildman–Crippen MR) is 62.1 cm³/mol. The lowest BCUT2D eigenvalue weighted by atomic mass is 10.1. The van der Waals surface area contributed by atoms with E-state index in [1.54, 1.807) is 0 Å². The van der Waals surface area contributed by atoms with Gasteiger partial charge >= 0.3 is 13.6 Å². The maximum atomic E-state index is 13.0. The number of carboxylic acid groups (broad SMARTS) is 1. The van der Waals surface area contributed by atoms with E-state index in [1.807, 2.05) is 0 Å². The Morgan fingerprint density at radius 2 is 2.00 bits per heavy atom. The summed E-state index contributed by atoms with van der Waals surface area (Å²) in [5.41, 5.74) is 0.114. The summed E-state index contributed by atoms with van der Waals surface area (Å²) in [4.78, 5) is 29.1. The fraction of sp³-hybridized carbons (Fsp3) is 0.300. The number of nitrogens with zero attached hydrogens (tertiary/aromatic N) is 1. The summed E-state index contributed by atoms with van der Waals surface area (Å²) in [7, 11) is -3.56. The summed E-state index contributed by atoms with van der Waals surface area (Å²) in [5, 5.41) is 8.54. The summed E-state index contributed by atoms with van der Waals surface area (Å²) >= 11 is 0. The molecule has 0 radical (unpaired) electrons. The highest BCUT2D eigenvalue weighted by molar-refractivity contribution is 7.60. The second-order valence-corrected chi connectivity index (χ2v) is 5.33. The maximum absolute atomic E-state index is 13.0. The van der Waals surface area contributed by atoms with E-state index in [2.05, 4.69) is 0 Å². The monoisotopic (exact) mass is 277 g/mol. The van der Waals surface area contributed by atoms with Crippen LogP contribution in [0.15, 0.2) is 24.3 Å². The molecule has 0 heterocycles. The van der Waals surface area contributed by atoms with Crippen molar-refractivity contribution in [1.29, 1.82) is 0 Å². The fourth-order valence-corrected chi connectivity index (χ4v) is 2.36. The van der Waals surface area contributed by atoms with E-state index in [1.165, 1.54) is 24.3 Å². The van der Waals surface area contributed by atoms with Crippen molar-refractivity contribution in [3.05, 3.63) is 29.8 Å². The Labute approximate surface area is 103 Å². The zero-order chi connectivity index (χ0) is 13.9. The number of likely N-dealkylation sites (N-methyl/N-ethyl adjacent to an activating group) is 1. The zero-order valence-corrected chi connectivity index (χ0v) is 10.4. The molecule has 0 fully saturated rings. The van der Waals surface area contributed by atoms with Crippen LogP contribution in [-0.2, 0) is 15.8 Å². The molecule has 0 spiro atoms. The number of aliphatic carboxylic acids is 1. The van der Waals surface area contributed by atoms with Gasteiger partial charge in [0, 0.05) is 13.5 Å². The van der Waals surface area contributed by atoms with Crippen LogP contribution in [0.4, 0.5) is 4.48 Å². The van der Waals surface area contributed by atoms with Gasteiger partial charge in [-0.2, -0.15) is 0 Å². The third kappa shape index (κ3) is 3.61. The largest absolute Gasteiger partial charge is 0.480 e. The summed E-state index contributed by atoms with van der Waals surface area (Å²) in [6, 6.07) is 4.01. The van der Waals surface area contributed by atoms with E-state index >= 15 is 0 Å². The number of carbonyl (C=O) groups is 1. The molecule has 1 aromatic carbocycles. The van der Waals surface area contributed by atoms with Crippen molar-refractivity contribution in [2.24, 2.45) is 0 Å². The van der Waals surface area contributed by atoms with Crippen LogP contribution in [0.25, 0.3) is 0 Å². The lowest BCUT2D eigenvalue weighted by Crippen LogP contribution is -2.36. The summed E-state index contributed by atoms with van der Waals surface area (Å²) < 4.78 is 24.2. The predicted octanol–water partition coefficient (Wildman–Crippen LogP) is 0.302. The Balaban J connectivity index is 3.11. The molecule has 18 heavy (non-hydrogen) atoms. The molecule has 0 bridgehead atoms. The summed E-state index contributed by atoms with van der Waals surface area (Å²) in [6.45, 7) is 0. The van der Waals surface area contributed by atoms with E-state index in [4.69, 9.17) is 14.9 Å². The molecule has 0 saturated heterocycles. The average molecular weight is 277 g/mol. The normalized spacial score (nSPS) is 13.6. The van der Waals surface area contributed by atoms with E-state index in [-0.39, 0.29) is 22.4 Å². The third-order valence-corrected chi connectivity index (χ3v) is 3.50. The van der Waals surface area contributed by atoms with Crippen LogP contribution in [-0.4, -0.2) is 39.1 Å². The fourth-order valence-electron chi connectivity index (χ4n) is 1.54. The average Bonchev–Trinajstić information content (AvgIpc) is 2.24. The lowest BCUT2D eigenvalue weighted by Gasteiger charge is -2.18. The second kappa shape index (κ2) is 5.58. The smallest absolute Gasteiger partial charge is 0.356 e. The SMILES string of the molecule is CN(F)C(Cc1ccccc1P(=O)(O)O)C(=O)O. The Morgan fingerprint density at radius 3 is 2.44 bits per heavy atom. The number of rotatable bonds is 5. The van der Waals surface area contributed by atoms with Gasteiger partial charge in [0.25, 0.3) is 0 Å². The lowest BCUT2D eigenvalue weighted by molar-refractivity contribution is -0.149. The van der Waals surface area contributed by atoms with E-state index in [9.17, 15) is 13.8 Å². The molecule has 0 aliphatic carbocycles. The Morgan fingerprint density at radius 1 is 1.44 bits per heavy atom. The number of carboxylic acids is 1. The summed E-state index contributed by atoms with van der Waals surface area (Å²) in [5.74, 6) is -1.40. The van der Waals surface area contributed by atoms with E-state index < -0.39 is 19.6 Å².